The predicted octanol–water partition coefficient (Wildman–Crippen LogP) is 2.85. The number of anilines is 1. The first-order valence-electron chi connectivity index (χ1n) is 7.52. The fraction of sp³-hybridized carbons (Fsp3) is 0.353. The Balaban J connectivity index is 1.97. The third-order valence-corrected chi connectivity index (χ3v) is 4.05. The Hall–Kier alpha value is -2.59. The van der Waals surface area contributed by atoms with Crippen LogP contribution in [0.25, 0.3) is 5.57 Å². The second-order valence-corrected chi connectivity index (χ2v) is 5.69. The van der Waals surface area contributed by atoms with Crippen molar-refractivity contribution >= 4 is 34.7 Å². The number of rotatable bonds is 4. The van der Waals surface area contributed by atoms with Crippen molar-refractivity contribution in [3.05, 3.63) is 35.9 Å². The summed E-state index contributed by atoms with van der Waals surface area (Å²) in [5.74, 6) is 0. The van der Waals surface area contributed by atoms with E-state index in [0.717, 1.165) is 16.8 Å². The molecule has 1 aromatic carbocycles. The zero-order chi connectivity index (χ0) is 17.5. The van der Waals surface area contributed by atoms with Crippen LogP contribution in [-0.4, -0.2) is 37.6 Å². The molecule has 1 aliphatic heterocycles. The number of cyclic esters (lactones) is 1. The van der Waals surface area contributed by atoms with Gasteiger partial charge in [-0.3, -0.25) is 4.90 Å². The Bertz CT molecular complexity index is 679. The standard InChI is InChI=1S/C17H19N3O3S/c1-12(7-9-18)13-3-5-14(6-4-13)20-10-8-15(23-17(20)21)11-19-16(24)22-2/h3-7,15H,8,10-11H2,1-2H3,(H,19,24)/b12-7-. The van der Waals surface area contributed by atoms with Crippen molar-refractivity contribution in [1.29, 1.82) is 5.26 Å². The molecule has 1 N–H and O–H groups in total. The number of thiocarbonyl (C=S) groups is 1. The summed E-state index contributed by atoms with van der Waals surface area (Å²) >= 11 is 4.90. The minimum Gasteiger partial charge on any atom is -0.474 e. The molecule has 7 heteroatoms. The first-order valence-corrected chi connectivity index (χ1v) is 7.92. The van der Waals surface area contributed by atoms with E-state index in [2.05, 4.69) is 5.32 Å². The largest absolute Gasteiger partial charge is 0.474 e. The molecule has 1 aromatic rings. The number of hydrogen-bond acceptors (Lipinski definition) is 5. The lowest BCUT2D eigenvalue weighted by molar-refractivity contribution is 0.0856. The number of allylic oxidation sites excluding steroid dienone is 2. The number of nitrogens with one attached hydrogen (secondary N) is 1. The first kappa shape index (κ1) is 17.8. The smallest absolute Gasteiger partial charge is 0.414 e. The van der Waals surface area contributed by atoms with Gasteiger partial charge in [0.05, 0.1) is 19.7 Å². The van der Waals surface area contributed by atoms with E-state index in [0.29, 0.717) is 19.5 Å². The van der Waals surface area contributed by atoms with Crippen LogP contribution in [0.1, 0.15) is 18.9 Å². The lowest BCUT2D eigenvalue weighted by Gasteiger charge is -2.32. The molecule has 6 nitrogen and oxygen atoms in total. The zero-order valence-electron chi connectivity index (χ0n) is 13.6. The Morgan fingerprint density at radius 1 is 1.54 bits per heavy atom. The number of amides is 1. The number of ether oxygens (including phenoxy) is 2. The van der Waals surface area contributed by atoms with Crippen molar-refractivity contribution in [2.45, 2.75) is 19.4 Å². The van der Waals surface area contributed by atoms with Crippen LogP contribution in [0.2, 0.25) is 0 Å². The van der Waals surface area contributed by atoms with Crippen LogP contribution in [0.15, 0.2) is 30.3 Å². The molecule has 0 radical (unpaired) electrons. The average molecular weight is 345 g/mol. The summed E-state index contributed by atoms with van der Waals surface area (Å²) in [6.07, 6.45) is 1.57. The monoisotopic (exact) mass is 345 g/mol. The van der Waals surface area contributed by atoms with E-state index in [1.54, 1.807) is 4.90 Å². The summed E-state index contributed by atoms with van der Waals surface area (Å²) < 4.78 is 10.3. The van der Waals surface area contributed by atoms with Gasteiger partial charge in [-0.25, -0.2) is 4.79 Å². The summed E-state index contributed by atoms with van der Waals surface area (Å²) in [4.78, 5) is 13.8. The molecular formula is C17H19N3O3S. The highest BCUT2D eigenvalue weighted by molar-refractivity contribution is 7.80. The van der Waals surface area contributed by atoms with Gasteiger partial charge in [-0.15, -0.1) is 0 Å². The number of hydrogen-bond donors (Lipinski definition) is 1. The lowest BCUT2D eigenvalue weighted by atomic mass is 10.1. The van der Waals surface area contributed by atoms with E-state index in [1.165, 1.54) is 13.2 Å². The molecule has 0 bridgehead atoms. The van der Waals surface area contributed by atoms with Crippen molar-refractivity contribution in [2.75, 3.05) is 25.1 Å². The maximum atomic E-state index is 12.2. The van der Waals surface area contributed by atoms with E-state index in [1.807, 2.05) is 37.3 Å². The molecule has 0 aromatic heterocycles. The van der Waals surface area contributed by atoms with Gasteiger partial charge in [0.2, 0.25) is 0 Å². The van der Waals surface area contributed by atoms with Crippen LogP contribution in [0.4, 0.5) is 10.5 Å². The zero-order valence-corrected chi connectivity index (χ0v) is 14.4. The number of methoxy groups -OCH3 is 1. The van der Waals surface area contributed by atoms with Gasteiger partial charge in [-0.1, -0.05) is 12.1 Å². The average Bonchev–Trinajstić information content (AvgIpc) is 2.60. The van der Waals surface area contributed by atoms with E-state index in [-0.39, 0.29) is 17.4 Å². The molecule has 1 heterocycles. The number of benzene rings is 1. The molecule has 0 saturated carbocycles. The third kappa shape index (κ3) is 4.46. The Kier molecular flexibility index (Phi) is 6.15. The van der Waals surface area contributed by atoms with Crippen molar-refractivity contribution < 1.29 is 14.3 Å². The summed E-state index contributed by atoms with van der Waals surface area (Å²) in [7, 11) is 1.49. The highest BCUT2D eigenvalue weighted by atomic mass is 32.1. The van der Waals surface area contributed by atoms with Crippen LogP contribution in [0.3, 0.4) is 0 Å². The second-order valence-electron chi connectivity index (χ2n) is 5.32. The maximum absolute atomic E-state index is 12.2. The van der Waals surface area contributed by atoms with Crippen molar-refractivity contribution in [3.63, 3.8) is 0 Å². The molecule has 126 valence electrons. The molecule has 2 rings (SSSR count). The highest BCUT2D eigenvalue weighted by Gasteiger charge is 2.28. The van der Waals surface area contributed by atoms with Gasteiger partial charge >= 0.3 is 6.09 Å². The van der Waals surface area contributed by atoms with Crippen molar-refractivity contribution in [1.82, 2.24) is 5.32 Å². The fourth-order valence-corrected chi connectivity index (χ4v) is 2.44. The maximum Gasteiger partial charge on any atom is 0.414 e. The predicted molar refractivity (Wildman–Crippen MR) is 95.5 cm³/mol. The Labute approximate surface area is 146 Å². The minimum absolute atomic E-state index is 0.234. The van der Waals surface area contributed by atoms with Crippen molar-refractivity contribution in [3.8, 4) is 6.07 Å². The number of carbonyl (C=O) groups is 1. The van der Waals surface area contributed by atoms with E-state index in [9.17, 15) is 4.79 Å². The normalized spacial score (nSPS) is 17.7. The Morgan fingerprint density at radius 3 is 2.83 bits per heavy atom. The van der Waals surface area contributed by atoms with Gasteiger partial charge in [0.1, 0.15) is 6.10 Å². The summed E-state index contributed by atoms with van der Waals surface area (Å²) in [5, 5.41) is 11.9. The summed E-state index contributed by atoms with van der Waals surface area (Å²) in [5.41, 5.74) is 2.60. The number of nitrogens with zero attached hydrogens (tertiary/aromatic N) is 2. The molecule has 0 aliphatic carbocycles. The molecule has 1 aliphatic rings. The fourth-order valence-electron chi connectivity index (χ4n) is 2.36. The van der Waals surface area contributed by atoms with E-state index < -0.39 is 0 Å². The molecule has 0 spiro atoms. The second kappa shape index (κ2) is 8.31. The van der Waals surface area contributed by atoms with Gasteiger partial charge in [0, 0.05) is 24.7 Å². The summed E-state index contributed by atoms with van der Waals surface area (Å²) in [6, 6.07) is 9.48. The lowest BCUT2D eigenvalue weighted by Crippen LogP contribution is -2.46. The molecular weight excluding hydrogens is 326 g/mol. The SMILES string of the molecule is COC(=S)NCC1CCN(c2ccc(/C(C)=C\C#N)cc2)C(=O)O1. The van der Waals surface area contributed by atoms with Gasteiger partial charge in [-0.2, -0.15) is 5.26 Å². The molecule has 24 heavy (non-hydrogen) atoms. The van der Waals surface area contributed by atoms with Crippen LogP contribution < -0.4 is 10.2 Å². The van der Waals surface area contributed by atoms with Gasteiger partial charge in [0.15, 0.2) is 0 Å². The number of nitriles is 1. The molecule has 1 atom stereocenters. The summed E-state index contributed by atoms with van der Waals surface area (Å²) in [6.45, 7) is 2.87. The molecule has 1 unspecified atom stereocenters. The van der Waals surface area contributed by atoms with Gasteiger partial charge < -0.3 is 14.8 Å². The van der Waals surface area contributed by atoms with Crippen LogP contribution in [0.5, 0.6) is 0 Å². The quantitative estimate of drug-likeness (QED) is 0.668. The highest BCUT2D eigenvalue weighted by Crippen LogP contribution is 2.23. The minimum atomic E-state index is -0.381. The van der Waals surface area contributed by atoms with Gasteiger partial charge in [0.25, 0.3) is 5.17 Å². The van der Waals surface area contributed by atoms with Crippen molar-refractivity contribution in [2.24, 2.45) is 0 Å². The number of carbonyl (C=O) groups excluding carboxylic acids is 1. The van der Waals surface area contributed by atoms with Crippen LogP contribution >= 0.6 is 12.2 Å². The van der Waals surface area contributed by atoms with Gasteiger partial charge in [-0.05, 0) is 42.4 Å². The molecule has 1 amide bonds. The third-order valence-electron chi connectivity index (χ3n) is 3.74. The Morgan fingerprint density at radius 2 is 2.25 bits per heavy atom. The van der Waals surface area contributed by atoms with Crippen LogP contribution in [-0.2, 0) is 9.47 Å². The van der Waals surface area contributed by atoms with E-state index in [4.69, 9.17) is 27.0 Å². The molecule has 1 saturated heterocycles. The topological polar surface area (TPSA) is 74.6 Å². The van der Waals surface area contributed by atoms with E-state index >= 15 is 0 Å². The van der Waals surface area contributed by atoms with Crippen LogP contribution in [0, 0.1) is 11.3 Å². The first-order chi connectivity index (χ1) is 11.5. The molecule has 1 fully saturated rings.